The fraction of sp³-hybridized carbons (Fsp3) is 0.917. The number of hydrogen-bond donors (Lipinski definition) is 1. The van der Waals surface area contributed by atoms with E-state index in [-0.39, 0.29) is 11.4 Å². The standard InChI is InChI=1S/C12H21NO2/c1-10(2,3)15-9(14)12(13)8-7-11(12)5-4-6-11/h4-8,13H2,1-3H3. The van der Waals surface area contributed by atoms with E-state index in [1.165, 1.54) is 6.42 Å². The minimum atomic E-state index is -0.682. The number of ether oxygens (including phenoxy) is 1. The highest BCUT2D eigenvalue weighted by atomic mass is 16.6. The Hall–Kier alpha value is -0.570. The molecule has 1 spiro atoms. The van der Waals surface area contributed by atoms with Crippen LogP contribution in [0.3, 0.4) is 0 Å². The second-order valence-corrected chi connectivity index (χ2v) is 6.11. The number of carbonyl (C=O) groups is 1. The van der Waals surface area contributed by atoms with Gasteiger partial charge in [-0.3, -0.25) is 4.79 Å². The molecule has 0 saturated heterocycles. The molecule has 86 valence electrons. The molecule has 0 aromatic heterocycles. The highest BCUT2D eigenvalue weighted by Crippen LogP contribution is 2.61. The average molecular weight is 211 g/mol. The molecule has 3 heteroatoms. The number of nitrogens with two attached hydrogens (primary N) is 1. The second-order valence-electron chi connectivity index (χ2n) is 6.11. The number of esters is 1. The lowest BCUT2D eigenvalue weighted by atomic mass is 9.46. The second kappa shape index (κ2) is 2.97. The van der Waals surface area contributed by atoms with Crippen LogP contribution in [-0.4, -0.2) is 17.1 Å². The van der Waals surface area contributed by atoms with Crippen LogP contribution in [0.1, 0.15) is 52.9 Å². The van der Waals surface area contributed by atoms with Gasteiger partial charge in [0.15, 0.2) is 0 Å². The first-order chi connectivity index (χ1) is 6.79. The molecule has 3 nitrogen and oxygen atoms in total. The first kappa shape index (κ1) is 10.9. The van der Waals surface area contributed by atoms with Crippen LogP contribution in [0.2, 0.25) is 0 Å². The lowest BCUT2D eigenvalue weighted by Gasteiger charge is -2.61. The van der Waals surface area contributed by atoms with Crippen LogP contribution in [0.15, 0.2) is 0 Å². The first-order valence-electron chi connectivity index (χ1n) is 5.82. The van der Waals surface area contributed by atoms with Gasteiger partial charge in [0.05, 0.1) is 0 Å². The van der Waals surface area contributed by atoms with Gasteiger partial charge in [-0.2, -0.15) is 0 Å². The molecule has 2 rings (SSSR count). The van der Waals surface area contributed by atoms with Gasteiger partial charge in [0.1, 0.15) is 11.1 Å². The number of hydrogen-bond acceptors (Lipinski definition) is 3. The van der Waals surface area contributed by atoms with Crippen LogP contribution in [-0.2, 0) is 9.53 Å². The summed E-state index contributed by atoms with van der Waals surface area (Å²) in [6.07, 6.45) is 5.30. The van der Waals surface area contributed by atoms with E-state index in [0.717, 1.165) is 25.7 Å². The molecule has 0 aromatic carbocycles. The predicted octanol–water partition coefficient (Wildman–Crippen LogP) is 1.99. The molecule has 0 amide bonds. The molecule has 2 aliphatic rings. The zero-order chi connectivity index (χ0) is 11.3. The Balaban J connectivity index is 2.07. The van der Waals surface area contributed by atoms with Gasteiger partial charge in [-0.1, -0.05) is 6.42 Å². The van der Waals surface area contributed by atoms with E-state index >= 15 is 0 Å². The molecule has 2 saturated carbocycles. The van der Waals surface area contributed by atoms with Crippen LogP contribution in [0, 0.1) is 5.41 Å². The summed E-state index contributed by atoms with van der Waals surface area (Å²) in [6, 6.07) is 0. The lowest BCUT2D eigenvalue weighted by Crippen LogP contribution is -2.71. The Morgan fingerprint density at radius 2 is 1.80 bits per heavy atom. The number of rotatable bonds is 1. The quantitative estimate of drug-likeness (QED) is 0.675. The number of carbonyl (C=O) groups excluding carboxylic acids is 1. The van der Waals surface area contributed by atoms with Crippen LogP contribution in [0.4, 0.5) is 0 Å². The van der Waals surface area contributed by atoms with Gasteiger partial charge in [0.2, 0.25) is 0 Å². The predicted molar refractivity (Wildman–Crippen MR) is 58.3 cm³/mol. The maximum Gasteiger partial charge on any atom is 0.327 e. The molecule has 2 N–H and O–H groups in total. The lowest BCUT2D eigenvalue weighted by molar-refractivity contribution is -0.184. The van der Waals surface area contributed by atoms with Crippen molar-refractivity contribution in [3.05, 3.63) is 0 Å². The zero-order valence-corrected chi connectivity index (χ0v) is 9.93. The highest BCUT2D eigenvalue weighted by molar-refractivity contribution is 5.84. The molecule has 15 heavy (non-hydrogen) atoms. The van der Waals surface area contributed by atoms with Crippen molar-refractivity contribution in [2.75, 3.05) is 0 Å². The third-order valence-corrected chi connectivity index (χ3v) is 4.02. The minimum Gasteiger partial charge on any atom is -0.459 e. The monoisotopic (exact) mass is 211 g/mol. The maximum atomic E-state index is 12.0. The summed E-state index contributed by atoms with van der Waals surface area (Å²) in [5.41, 5.74) is 5.20. The van der Waals surface area contributed by atoms with E-state index in [9.17, 15) is 4.79 Å². The van der Waals surface area contributed by atoms with E-state index in [1.54, 1.807) is 0 Å². The Bertz CT molecular complexity index is 283. The smallest absolute Gasteiger partial charge is 0.327 e. The van der Waals surface area contributed by atoms with Crippen LogP contribution in [0.5, 0.6) is 0 Å². The van der Waals surface area contributed by atoms with Gasteiger partial charge >= 0.3 is 5.97 Å². The van der Waals surface area contributed by atoms with Gasteiger partial charge in [-0.25, -0.2) is 0 Å². The molecule has 2 aliphatic carbocycles. The van der Waals surface area contributed by atoms with Crippen LogP contribution >= 0.6 is 0 Å². The van der Waals surface area contributed by atoms with E-state index in [0.29, 0.717) is 0 Å². The molecule has 2 fully saturated rings. The highest BCUT2D eigenvalue weighted by Gasteiger charge is 2.64. The first-order valence-corrected chi connectivity index (χ1v) is 5.82. The molecular formula is C12H21NO2. The topological polar surface area (TPSA) is 52.3 Å². The van der Waals surface area contributed by atoms with Crippen molar-refractivity contribution in [2.24, 2.45) is 11.1 Å². The molecule has 0 aromatic rings. The molecule has 0 radical (unpaired) electrons. The molecule has 0 bridgehead atoms. The zero-order valence-electron chi connectivity index (χ0n) is 9.93. The summed E-state index contributed by atoms with van der Waals surface area (Å²) in [4.78, 5) is 12.0. The summed E-state index contributed by atoms with van der Waals surface area (Å²) in [7, 11) is 0. The average Bonchev–Trinajstić information content (AvgIpc) is 1.94. The Labute approximate surface area is 91.4 Å². The molecular weight excluding hydrogens is 190 g/mol. The van der Waals surface area contributed by atoms with Gasteiger partial charge < -0.3 is 10.5 Å². The maximum absolute atomic E-state index is 12.0. The fourth-order valence-corrected chi connectivity index (χ4v) is 2.74. The van der Waals surface area contributed by atoms with E-state index in [1.807, 2.05) is 20.8 Å². The molecule has 1 unspecified atom stereocenters. The molecule has 0 aliphatic heterocycles. The molecule has 0 heterocycles. The van der Waals surface area contributed by atoms with Gasteiger partial charge in [-0.05, 0) is 51.9 Å². The van der Waals surface area contributed by atoms with Crippen molar-refractivity contribution in [3.63, 3.8) is 0 Å². The van der Waals surface area contributed by atoms with Gasteiger partial charge in [0, 0.05) is 0 Å². The van der Waals surface area contributed by atoms with Crippen molar-refractivity contribution in [3.8, 4) is 0 Å². The van der Waals surface area contributed by atoms with Crippen molar-refractivity contribution in [1.82, 2.24) is 0 Å². The largest absolute Gasteiger partial charge is 0.459 e. The van der Waals surface area contributed by atoms with Crippen LogP contribution < -0.4 is 5.73 Å². The van der Waals surface area contributed by atoms with Gasteiger partial charge in [0.25, 0.3) is 0 Å². The molecule has 1 atom stereocenters. The normalized spacial score (nSPS) is 33.1. The summed E-state index contributed by atoms with van der Waals surface area (Å²) < 4.78 is 5.41. The van der Waals surface area contributed by atoms with Crippen molar-refractivity contribution < 1.29 is 9.53 Å². The summed E-state index contributed by atoms with van der Waals surface area (Å²) in [5, 5.41) is 0. The summed E-state index contributed by atoms with van der Waals surface area (Å²) in [6.45, 7) is 5.67. The van der Waals surface area contributed by atoms with E-state index in [4.69, 9.17) is 10.5 Å². The Morgan fingerprint density at radius 3 is 2.07 bits per heavy atom. The Morgan fingerprint density at radius 1 is 1.20 bits per heavy atom. The summed E-state index contributed by atoms with van der Waals surface area (Å²) >= 11 is 0. The van der Waals surface area contributed by atoms with E-state index in [2.05, 4.69) is 0 Å². The van der Waals surface area contributed by atoms with Crippen molar-refractivity contribution in [2.45, 2.75) is 64.0 Å². The van der Waals surface area contributed by atoms with Crippen molar-refractivity contribution >= 4 is 5.97 Å². The van der Waals surface area contributed by atoms with Crippen LogP contribution in [0.25, 0.3) is 0 Å². The van der Waals surface area contributed by atoms with E-state index < -0.39 is 11.1 Å². The van der Waals surface area contributed by atoms with Crippen molar-refractivity contribution in [1.29, 1.82) is 0 Å². The Kier molecular flexibility index (Phi) is 2.16. The minimum absolute atomic E-state index is 0.0926. The fourth-order valence-electron chi connectivity index (χ4n) is 2.74. The summed E-state index contributed by atoms with van der Waals surface area (Å²) in [5.74, 6) is -0.194. The third kappa shape index (κ3) is 1.48. The van der Waals surface area contributed by atoms with Gasteiger partial charge in [-0.15, -0.1) is 0 Å². The third-order valence-electron chi connectivity index (χ3n) is 4.02. The SMILES string of the molecule is CC(C)(C)OC(=O)C1(N)CCC12CCC2.